The van der Waals surface area contributed by atoms with Crippen LogP contribution in [0.4, 0.5) is 24.5 Å². The highest BCUT2D eigenvalue weighted by Crippen LogP contribution is 2.34. The molecule has 7 heteroatoms. The van der Waals surface area contributed by atoms with Gasteiger partial charge < -0.3 is 5.32 Å². The number of carbonyl (C=O) groups excluding carboxylic acids is 2. The van der Waals surface area contributed by atoms with Crippen molar-refractivity contribution in [1.29, 1.82) is 0 Å². The molecule has 0 aromatic heterocycles. The van der Waals surface area contributed by atoms with Gasteiger partial charge in [0, 0.05) is 11.8 Å². The molecule has 0 aliphatic carbocycles. The lowest BCUT2D eigenvalue weighted by Crippen LogP contribution is -2.32. The van der Waals surface area contributed by atoms with Crippen molar-refractivity contribution in [3.05, 3.63) is 102 Å². The maximum atomic E-state index is 13.7. The topological polar surface area (TPSA) is 49.4 Å². The molecule has 144 valence electrons. The summed E-state index contributed by atoms with van der Waals surface area (Å²) in [5.41, 5.74) is 0.543. The lowest BCUT2D eigenvalue weighted by Gasteiger charge is -2.15. The summed E-state index contributed by atoms with van der Waals surface area (Å²) in [4.78, 5) is 27.0. The van der Waals surface area contributed by atoms with Gasteiger partial charge in [-0.05, 0) is 35.9 Å². The first kappa shape index (κ1) is 18.5. The van der Waals surface area contributed by atoms with Gasteiger partial charge >= 0.3 is 0 Å². The Morgan fingerprint density at radius 1 is 0.724 bits per heavy atom. The summed E-state index contributed by atoms with van der Waals surface area (Å²) in [5, 5.41) is 2.72. The molecule has 1 heterocycles. The normalized spacial score (nSPS) is 14.0. The number of carbonyl (C=O) groups is 2. The highest BCUT2D eigenvalue weighted by Gasteiger charge is 2.40. The molecule has 4 nitrogen and oxygen atoms in total. The number of amides is 2. The lowest BCUT2D eigenvalue weighted by atomic mass is 10.0. The smallest absolute Gasteiger partial charge is 0.282 e. The largest absolute Gasteiger partial charge is 0.350 e. The molecule has 3 aromatic carbocycles. The molecule has 4 rings (SSSR count). The van der Waals surface area contributed by atoms with Gasteiger partial charge in [-0.3, -0.25) is 9.59 Å². The zero-order chi connectivity index (χ0) is 20.5. The van der Waals surface area contributed by atoms with Crippen LogP contribution in [0.2, 0.25) is 0 Å². The molecule has 0 bridgehead atoms. The Bertz CT molecular complexity index is 1160. The van der Waals surface area contributed by atoms with Crippen LogP contribution in [0.25, 0.3) is 5.57 Å². The molecule has 0 fully saturated rings. The van der Waals surface area contributed by atoms with E-state index in [1.54, 1.807) is 30.3 Å². The first-order chi connectivity index (χ1) is 14.0. The molecule has 0 atom stereocenters. The molecular formula is C22H13F3N2O2. The average molecular weight is 394 g/mol. The molecule has 3 aromatic rings. The molecule has 29 heavy (non-hydrogen) atoms. The predicted molar refractivity (Wildman–Crippen MR) is 102 cm³/mol. The van der Waals surface area contributed by atoms with Gasteiger partial charge in [0.25, 0.3) is 11.8 Å². The Hall–Kier alpha value is -3.87. The summed E-state index contributed by atoms with van der Waals surface area (Å²) in [6.07, 6.45) is 0. The molecule has 1 N–H and O–H groups in total. The van der Waals surface area contributed by atoms with Gasteiger partial charge in [-0.2, -0.15) is 0 Å². The fourth-order valence-electron chi connectivity index (χ4n) is 3.09. The van der Waals surface area contributed by atoms with Crippen molar-refractivity contribution < 1.29 is 22.8 Å². The molecule has 0 saturated heterocycles. The molecule has 0 saturated carbocycles. The number of halogens is 3. The minimum Gasteiger partial charge on any atom is -0.350 e. The van der Waals surface area contributed by atoms with E-state index in [2.05, 4.69) is 5.32 Å². The third-order valence-corrected chi connectivity index (χ3v) is 4.40. The molecule has 0 spiro atoms. The quantitative estimate of drug-likeness (QED) is 0.663. The third kappa shape index (κ3) is 3.38. The van der Waals surface area contributed by atoms with Crippen molar-refractivity contribution in [2.75, 3.05) is 10.2 Å². The summed E-state index contributed by atoms with van der Waals surface area (Å²) in [5.74, 6) is -4.13. The number of benzene rings is 3. The maximum absolute atomic E-state index is 13.7. The highest BCUT2D eigenvalue weighted by molar-refractivity contribution is 6.46. The van der Waals surface area contributed by atoms with Crippen LogP contribution >= 0.6 is 0 Å². The summed E-state index contributed by atoms with van der Waals surface area (Å²) in [6.45, 7) is 0. The summed E-state index contributed by atoms with van der Waals surface area (Å²) in [7, 11) is 0. The second kappa shape index (κ2) is 7.27. The lowest BCUT2D eigenvalue weighted by molar-refractivity contribution is -0.120. The van der Waals surface area contributed by atoms with Gasteiger partial charge in [0.2, 0.25) is 0 Å². The summed E-state index contributed by atoms with van der Waals surface area (Å²) in [6, 6.07) is 16.5. The van der Waals surface area contributed by atoms with E-state index >= 15 is 0 Å². The van der Waals surface area contributed by atoms with Gasteiger partial charge in [0.1, 0.15) is 11.5 Å². The second-order valence-corrected chi connectivity index (χ2v) is 6.30. The van der Waals surface area contributed by atoms with Crippen molar-refractivity contribution in [2.24, 2.45) is 0 Å². The fraction of sp³-hybridized carbons (Fsp3) is 0. The first-order valence-corrected chi connectivity index (χ1v) is 8.62. The van der Waals surface area contributed by atoms with Crippen LogP contribution in [0.1, 0.15) is 5.56 Å². The Morgan fingerprint density at radius 3 is 2.17 bits per heavy atom. The second-order valence-electron chi connectivity index (χ2n) is 6.30. The number of rotatable bonds is 4. The van der Waals surface area contributed by atoms with Crippen LogP contribution in [0.3, 0.4) is 0 Å². The number of nitrogens with zero attached hydrogens (tertiary/aromatic N) is 1. The Labute approximate surface area is 163 Å². The van der Waals surface area contributed by atoms with Crippen LogP contribution in [-0.4, -0.2) is 11.8 Å². The monoisotopic (exact) mass is 394 g/mol. The standard InChI is InChI=1S/C22H13F3N2O2/c23-14-7-4-8-16(11-14)27-21(28)19(13-5-2-1-3-6-13)20(22(27)29)26-15-9-10-17(24)18(25)12-15/h1-12,26H. The zero-order valence-corrected chi connectivity index (χ0v) is 14.8. The SMILES string of the molecule is O=C1C(Nc2ccc(F)c(F)c2)=C(c2ccccc2)C(=O)N1c1cccc(F)c1. The minimum atomic E-state index is -1.10. The van der Waals surface area contributed by atoms with E-state index in [9.17, 15) is 22.8 Å². The van der Waals surface area contributed by atoms with Crippen LogP contribution in [-0.2, 0) is 9.59 Å². The van der Waals surface area contributed by atoms with Gasteiger partial charge in [-0.25, -0.2) is 18.1 Å². The molecule has 1 aliphatic heterocycles. The number of imide groups is 1. The third-order valence-electron chi connectivity index (χ3n) is 4.40. The van der Waals surface area contributed by atoms with E-state index < -0.39 is 29.3 Å². The molecule has 1 aliphatic rings. The molecular weight excluding hydrogens is 381 g/mol. The van der Waals surface area contributed by atoms with E-state index in [0.29, 0.717) is 5.56 Å². The van der Waals surface area contributed by atoms with E-state index in [-0.39, 0.29) is 22.6 Å². The van der Waals surface area contributed by atoms with Crippen molar-refractivity contribution in [1.82, 2.24) is 0 Å². The average Bonchev–Trinajstić information content (AvgIpc) is 2.95. The van der Waals surface area contributed by atoms with Crippen LogP contribution in [0.15, 0.2) is 78.5 Å². The van der Waals surface area contributed by atoms with Crippen molar-refractivity contribution >= 4 is 28.8 Å². The van der Waals surface area contributed by atoms with Crippen LogP contribution in [0, 0.1) is 17.5 Å². The fourth-order valence-corrected chi connectivity index (χ4v) is 3.09. The van der Waals surface area contributed by atoms with Gasteiger partial charge in [0.15, 0.2) is 11.6 Å². The van der Waals surface area contributed by atoms with Crippen LogP contribution in [0.5, 0.6) is 0 Å². The minimum absolute atomic E-state index is 0.0459. The Morgan fingerprint density at radius 2 is 1.48 bits per heavy atom. The molecule has 0 unspecified atom stereocenters. The predicted octanol–water partition coefficient (Wildman–Crippen LogP) is 4.50. The summed E-state index contributed by atoms with van der Waals surface area (Å²) >= 11 is 0. The number of hydrogen-bond donors (Lipinski definition) is 1. The van der Waals surface area contributed by atoms with E-state index in [0.717, 1.165) is 23.1 Å². The Kier molecular flexibility index (Phi) is 4.64. The van der Waals surface area contributed by atoms with Crippen molar-refractivity contribution in [3.63, 3.8) is 0 Å². The van der Waals surface area contributed by atoms with Crippen molar-refractivity contribution in [2.45, 2.75) is 0 Å². The Balaban J connectivity index is 1.82. The molecule has 0 radical (unpaired) electrons. The van der Waals surface area contributed by atoms with E-state index in [4.69, 9.17) is 0 Å². The number of anilines is 2. The van der Waals surface area contributed by atoms with Gasteiger partial charge in [0.05, 0.1) is 11.3 Å². The number of hydrogen-bond acceptors (Lipinski definition) is 3. The van der Waals surface area contributed by atoms with Crippen LogP contribution < -0.4 is 10.2 Å². The van der Waals surface area contributed by atoms with Gasteiger partial charge in [-0.15, -0.1) is 0 Å². The van der Waals surface area contributed by atoms with Crippen molar-refractivity contribution in [3.8, 4) is 0 Å². The molecule has 2 amide bonds. The number of nitrogens with one attached hydrogen (secondary N) is 1. The maximum Gasteiger partial charge on any atom is 0.282 e. The summed E-state index contributed by atoms with van der Waals surface area (Å²) < 4.78 is 40.5. The van der Waals surface area contributed by atoms with E-state index in [1.165, 1.54) is 24.3 Å². The highest BCUT2D eigenvalue weighted by atomic mass is 19.2. The first-order valence-electron chi connectivity index (χ1n) is 8.62. The van der Waals surface area contributed by atoms with E-state index in [1.807, 2.05) is 0 Å². The van der Waals surface area contributed by atoms with Gasteiger partial charge in [-0.1, -0.05) is 36.4 Å². The zero-order valence-electron chi connectivity index (χ0n) is 14.8.